The highest BCUT2D eigenvalue weighted by Gasteiger charge is 2.20. The molecular formula is C18H13N3O6S. The standard InChI is InChI=1S/C18H13N3O6S/c1-26-17(23)15-10-19-18(28-15)20-16(22)13-9-11(21(24)25)7-8-14(13)27-12-5-3-2-4-6-12/h2-10H,1H3,(H,19,20,22). The molecule has 1 aromatic heterocycles. The number of hydrogen-bond donors (Lipinski definition) is 1. The molecule has 9 nitrogen and oxygen atoms in total. The van der Waals surface area contributed by atoms with Crippen molar-refractivity contribution in [3.05, 3.63) is 75.3 Å². The highest BCUT2D eigenvalue weighted by Crippen LogP contribution is 2.30. The van der Waals surface area contributed by atoms with E-state index in [1.807, 2.05) is 0 Å². The minimum atomic E-state index is -0.666. The van der Waals surface area contributed by atoms with E-state index in [-0.39, 0.29) is 27.0 Å². The van der Waals surface area contributed by atoms with Crippen LogP contribution in [0.1, 0.15) is 20.0 Å². The third kappa shape index (κ3) is 4.30. The van der Waals surface area contributed by atoms with Crippen molar-refractivity contribution >= 4 is 34.0 Å². The summed E-state index contributed by atoms with van der Waals surface area (Å²) in [6, 6.07) is 12.4. The summed E-state index contributed by atoms with van der Waals surface area (Å²) in [5.41, 5.74) is -0.312. The maximum absolute atomic E-state index is 12.7. The van der Waals surface area contributed by atoms with Crippen molar-refractivity contribution in [2.45, 2.75) is 0 Å². The van der Waals surface area contributed by atoms with E-state index in [0.29, 0.717) is 5.75 Å². The van der Waals surface area contributed by atoms with Gasteiger partial charge in [-0.3, -0.25) is 20.2 Å². The van der Waals surface area contributed by atoms with Crippen molar-refractivity contribution in [1.29, 1.82) is 0 Å². The van der Waals surface area contributed by atoms with Crippen molar-refractivity contribution in [1.82, 2.24) is 4.98 Å². The minimum Gasteiger partial charge on any atom is -0.465 e. The Morgan fingerprint density at radius 2 is 1.93 bits per heavy atom. The molecule has 3 aromatic rings. The molecule has 142 valence electrons. The van der Waals surface area contributed by atoms with Crippen molar-refractivity contribution < 1.29 is 24.0 Å². The number of aromatic nitrogens is 1. The number of anilines is 1. The van der Waals surface area contributed by atoms with Crippen LogP contribution in [0, 0.1) is 10.1 Å². The number of carbonyl (C=O) groups is 2. The lowest BCUT2D eigenvalue weighted by Gasteiger charge is -2.10. The van der Waals surface area contributed by atoms with Crippen LogP contribution >= 0.6 is 11.3 Å². The molecule has 1 heterocycles. The highest BCUT2D eigenvalue weighted by atomic mass is 32.1. The Kier molecular flexibility index (Phi) is 5.61. The second kappa shape index (κ2) is 8.27. The number of methoxy groups -OCH3 is 1. The first-order valence-electron chi connectivity index (χ1n) is 7.85. The Balaban J connectivity index is 1.90. The highest BCUT2D eigenvalue weighted by molar-refractivity contribution is 7.17. The topological polar surface area (TPSA) is 121 Å². The summed E-state index contributed by atoms with van der Waals surface area (Å²) in [7, 11) is 1.23. The zero-order valence-electron chi connectivity index (χ0n) is 14.4. The van der Waals surface area contributed by atoms with Gasteiger partial charge in [0.1, 0.15) is 16.4 Å². The van der Waals surface area contributed by atoms with Gasteiger partial charge in [-0.2, -0.15) is 0 Å². The summed E-state index contributed by atoms with van der Waals surface area (Å²) < 4.78 is 10.3. The van der Waals surface area contributed by atoms with Gasteiger partial charge in [-0.1, -0.05) is 29.5 Å². The number of thiazole rings is 1. The van der Waals surface area contributed by atoms with Crippen LogP contribution < -0.4 is 10.1 Å². The average molecular weight is 399 g/mol. The molecule has 0 saturated heterocycles. The summed E-state index contributed by atoms with van der Waals surface area (Å²) in [6.45, 7) is 0. The van der Waals surface area contributed by atoms with Gasteiger partial charge in [-0.25, -0.2) is 9.78 Å². The number of carbonyl (C=O) groups excluding carboxylic acids is 2. The number of rotatable bonds is 6. The van der Waals surface area contributed by atoms with Crippen LogP contribution in [0.2, 0.25) is 0 Å². The second-order valence-corrected chi connectivity index (χ2v) is 6.36. The molecule has 1 N–H and O–H groups in total. The number of nitrogens with zero attached hydrogens (tertiary/aromatic N) is 2. The number of nitro benzene ring substituents is 1. The number of benzene rings is 2. The largest absolute Gasteiger partial charge is 0.465 e. The number of hydrogen-bond acceptors (Lipinski definition) is 8. The predicted molar refractivity (Wildman–Crippen MR) is 101 cm³/mol. The molecule has 0 spiro atoms. The first-order valence-corrected chi connectivity index (χ1v) is 8.66. The van der Waals surface area contributed by atoms with Crippen LogP contribution in [0.15, 0.2) is 54.7 Å². The number of esters is 1. The van der Waals surface area contributed by atoms with Crippen molar-refractivity contribution in [2.75, 3.05) is 12.4 Å². The van der Waals surface area contributed by atoms with Gasteiger partial charge in [0.25, 0.3) is 11.6 Å². The zero-order valence-corrected chi connectivity index (χ0v) is 15.3. The fourth-order valence-corrected chi connectivity index (χ4v) is 2.93. The van der Waals surface area contributed by atoms with Crippen LogP contribution in [0.25, 0.3) is 0 Å². The Morgan fingerprint density at radius 3 is 2.61 bits per heavy atom. The van der Waals surface area contributed by atoms with E-state index in [2.05, 4.69) is 15.0 Å². The summed E-state index contributed by atoms with van der Waals surface area (Å²) >= 11 is 0.917. The Morgan fingerprint density at radius 1 is 1.18 bits per heavy atom. The van der Waals surface area contributed by atoms with E-state index in [1.165, 1.54) is 25.4 Å². The fourth-order valence-electron chi connectivity index (χ4n) is 2.20. The number of para-hydroxylation sites is 1. The lowest BCUT2D eigenvalue weighted by atomic mass is 10.1. The number of non-ortho nitro benzene ring substituents is 1. The smallest absolute Gasteiger partial charge is 0.349 e. The third-order valence-electron chi connectivity index (χ3n) is 3.50. The first-order chi connectivity index (χ1) is 13.5. The van der Waals surface area contributed by atoms with Crippen LogP contribution in [0.3, 0.4) is 0 Å². The molecule has 3 rings (SSSR count). The van der Waals surface area contributed by atoms with Gasteiger partial charge in [0.2, 0.25) is 0 Å². The monoisotopic (exact) mass is 399 g/mol. The lowest BCUT2D eigenvalue weighted by molar-refractivity contribution is -0.384. The van der Waals surface area contributed by atoms with Gasteiger partial charge in [0, 0.05) is 12.1 Å². The summed E-state index contributed by atoms with van der Waals surface area (Å²) in [5, 5.41) is 13.7. The van der Waals surface area contributed by atoms with E-state index >= 15 is 0 Å². The van der Waals surface area contributed by atoms with Crippen LogP contribution in [-0.4, -0.2) is 28.9 Å². The maximum atomic E-state index is 12.7. The molecule has 28 heavy (non-hydrogen) atoms. The second-order valence-electron chi connectivity index (χ2n) is 5.33. The summed E-state index contributed by atoms with van der Waals surface area (Å²) in [6.07, 6.45) is 1.26. The molecule has 0 unspecified atom stereocenters. The average Bonchev–Trinajstić information content (AvgIpc) is 3.16. The molecule has 10 heteroatoms. The van der Waals surface area contributed by atoms with Crippen LogP contribution in [-0.2, 0) is 4.74 Å². The molecule has 0 saturated carbocycles. The van der Waals surface area contributed by atoms with E-state index in [4.69, 9.17) is 4.74 Å². The zero-order chi connectivity index (χ0) is 20.1. The van der Waals surface area contributed by atoms with Gasteiger partial charge in [0.05, 0.1) is 23.8 Å². The summed E-state index contributed by atoms with van der Waals surface area (Å²) in [5.74, 6) is -0.645. The van der Waals surface area contributed by atoms with Crippen molar-refractivity contribution in [2.24, 2.45) is 0 Å². The predicted octanol–water partition coefficient (Wildman–Crippen LogP) is 3.88. The Hall–Kier alpha value is -3.79. The van der Waals surface area contributed by atoms with Crippen LogP contribution in [0.4, 0.5) is 10.8 Å². The first kappa shape index (κ1) is 19.0. The van der Waals surface area contributed by atoms with E-state index in [0.717, 1.165) is 17.4 Å². The van der Waals surface area contributed by atoms with Gasteiger partial charge >= 0.3 is 5.97 Å². The molecule has 0 aliphatic heterocycles. The van der Waals surface area contributed by atoms with Gasteiger partial charge < -0.3 is 9.47 Å². The quantitative estimate of drug-likeness (QED) is 0.379. The van der Waals surface area contributed by atoms with Gasteiger partial charge in [-0.15, -0.1) is 0 Å². The molecule has 2 aromatic carbocycles. The Bertz CT molecular complexity index is 1030. The SMILES string of the molecule is COC(=O)c1cnc(NC(=O)c2cc([N+](=O)[O-])ccc2Oc2ccccc2)s1. The third-order valence-corrected chi connectivity index (χ3v) is 4.40. The van der Waals surface area contributed by atoms with Crippen molar-refractivity contribution in [3.8, 4) is 11.5 Å². The maximum Gasteiger partial charge on any atom is 0.349 e. The molecule has 0 aliphatic rings. The number of amides is 1. The normalized spacial score (nSPS) is 10.2. The van der Waals surface area contributed by atoms with Gasteiger partial charge in [0.15, 0.2) is 5.13 Å². The molecular weight excluding hydrogens is 386 g/mol. The number of ether oxygens (including phenoxy) is 2. The number of nitrogens with one attached hydrogen (secondary N) is 1. The molecule has 0 aliphatic carbocycles. The molecule has 1 amide bonds. The van der Waals surface area contributed by atoms with E-state index < -0.39 is 16.8 Å². The van der Waals surface area contributed by atoms with Gasteiger partial charge in [-0.05, 0) is 18.2 Å². The van der Waals surface area contributed by atoms with Crippen molar-refractivity contribution in [3.63, 3.8) is 0 Å². The summed E-state index contributed by atoms with van der Waals surface area (Å²) in [4.78, 5) is 38.8. The molecule has 0 fully saturated rings. The molecule has 0 bridgehead atoms. The molecule has 0 atom stereocenters. The molecule has 0 radical (unpaired) electrons. The Labute approximate surface area is 162 Å². The van der Waals surface area contributed by atoms with E-state index in [9.17, 15) is 19.7 Å². The number of nitro groups is 1. The fraction of sp³-hybridized carbons (Fsp3) is 0.0556. The van der Waals surface area contributed by atoms with E-state index in [1.54, 1.807) is 30.3 Å². The minimum absolute atomic E-state index is 0.0483. The lowest BCUT2D eigenvalue weighted by Crippen LogP contribution is -2.13. The van der Waals surface area contributed by atoms with Crippen LogP contribution in [0.5, 0.6) is 11.5 Å².